The van der Waals surface area contributed by atoms with E-state index in [2.05, 4.69) is 0 Å². The first-order valence-corrected chi connectivity index (χ1v) is 14.9. The number of carbonyl (C=O) groups excluding carboxylic acids is 2. The third kappa shape index (κ3) is 7.60. The highest BCUT2D eigenvalue weighted by Crippen LogP contribution is 2.48. The van der Waals surface area contributed by atoms with Crippen LogP contribution < -0.4 is 9.47 Å². The number of nitrogens with zero attached hydrogens (tertiary/aromatic N) is 2. The molecule has 248 valence electrons. The number of benzene rings is 4. The molecule has 12 heteroatoms. The quantitative estimate of drug-likeness (QED) is 0.195. The SMILES string of the molecule is CN(Cc1ccc(Oc2ccc(F)cc2)cc1)C(=O)[C@@H]1[C@H](C(=O)O)[C@@H](C(=O)O)[C@H]1C(=O)N(C)Cc1ccc(Oc2ccc(F)cc2)cc1. The van der Waals surface area contributed by atoms with Gasteiger partial charge in [-0.3, -0.25) is 19.2 Å². The Morgan fingerprint density at radius 3 is 1.06 bits per heavy atom. The smallest absolute Gasteiger partial charge is 0.308 e. The van der Waals surface area contributed by atoms with Gasteiger partial charge in [0.1, 0.15) is 34.6 Å². The lowest BCUT2D eigenvalue weighted by Gasteiger charge is -2.47. The summed E-state index contributed by atoms with van der Waals surface area (Å²) in [5, 5.41) is 19.8. The van der Waals surface area contributed by atoms with Crippen molar-refractivity contribution in [2.45, 2.75) is 13.1 Å². The van der Waals surface area contributed by atoms with Crippen LogP contribution in [0.15, 0.2) is 97.1 Å². The fourth-order valence-corrected chi connectivity index (χ4v) is 5.79. The Balaban J connectivity index is 1.25. The van der Waals surface area contributed by atoms with Crippen molar-refractivity contribution in [2.24, 2.45) is 23.7 Å². The van der Waals surface area contributed by atoms with Crippen LogP contribution in [0.3, 0.4) is 0 Å². The number of aliphatic carboxylic acids is 2. The molecule has 0 heterocycles. The first-order valence-electron chi connectivity index (χ1n) is 14.9. The Labute approximate surface area is 274 Å². The molecule has 0 unspecified atom stereocenters. The molecule has 1 aliphatic rings. The van der Waals surface area contributed by atoms with Crippen LogP contribution in [0.25, 0.3) is 0 Å². The van der Waals surface area contributed by atoms with E-state index in [0.717, 1.165) is 0 Å². The maximum absolute atomic E-state index is 13.7. The molecule has 0 radical (unpaired) electrons. The highest BCUT2D eigenvalue weighted by atomic mass is 19.1. The second-order valence-electron chi connectivity index (χ2n) is 11.6. The van der Waals surface area contributed by atoms with Gasteiger partial charge < -0.3 is 29.5 Å². The van der Waals surface area contributed by atoms with E-state index >= 15 is 0 Å². The van der Waals surface area contributed by atoms with E-state index in [0.29, 0.717) is 34.1 Å². The fourth-order valence-electron chi connectivity index (χ4n) is 5.79. The number of hydrogen-bond donors (Lipinski definition) is 2. The molecule has 0 bridgehead atoms. The number of amides is 2. The number of carboxylic acids is 2. The monoisotopic (exact) mass is 658 g/mol. The van der Waals surface area contributed by atoms with E-state index in [1.165, 1.54) is 72.4 Å². The molecule has 2 N–H and O–H groups in total. The summed E-state index contributed by atoms with van der Waals surface area (Å²) in [7, 11) is 2.91. The summed E-state index contributed by atoms with van der Waals surface area (Å²) in [6, 6.07) is 24.4. The number of carbonyl (C=O) groups is 4. The predicted molar refractivity (Wildman–Crippen MR) is 168 cm³/mol. The minimum atomic E-state index is -1.59. The van der Waals surface area contributed by atoms with Crippen LogP contribution in [0.2, 0.25) is 0 Å². The number of hydrogen-bond acceptors (Lipinski definition) is 6. The Bertz CT molecular complexity index is 1650. The average molecular weight is 659 g/mol. The summed E-state index contributed by atoms with van der Waals surface area (Å²) < 4.78 is 37.7. The van der Waals surface area contributed by atoms with Crippen molar-refractivity contribution in [3.8, 4) is 23.0 Å². The van der Waals surface area contributed by atoms with Gasteiger partial charge in [0, 0.05) is 27.2 Å². The molecular weight excluding hydrogens is 626 g/mol. The molecule has 0 saturated heterocycles. The van der Waals surface area contributed by atoms with Crippen LogP contribution in [-0.4, -0.2) is 57.9 Å². The van der Waals surface area contributed by atoms with Gasteiger partial charge in [-0.15, -0.1) is 0 Å². The molecular formula is C36H32F2N2O8. The lowest BCUT2D eigenvalue weighted by Crippen LogP contribution is -2.63. The van der Waals surface area contributed by atoms with Gasteiger partial charge in [0.25, 0.3) is 0 Å². The van der Waals surface area contributed by atoms with Crippen molar-refractivity contribution in [1.82, 2.24) is 9.80 Å². The molecule has 0 spiro atoms. The van der Waals surface area contributed by atoms with Crippen LogP contribution >= 0.6 is 0 Å². The molecule has 4 atom stereocenters. The van der Waals surface area contributed by atoms with Gasteiger partial charge >= 0.3 is 11.9 Å². The van der Waals surface area contributed by atoms with Crippen molar-refractivity contribution in [3.63, 3.8) is 0 Å². The van der Waals surface area contributed by atoms with Gasteiger partial charge in [0.15, 0.2) is 0 Å². The van der Waals surface area contributed by atoms with E-state index in [9.17, 15) is 38.2 Å². The predicted octanol–water partition coefficient (Wildman–Crippen LogP) is 5.81. The van der Waals surface area contributed by atoms with E-state index in [-0.39, 0.29) is 13.1 Å². The average Bonchev–Trinajstić information content (AvgIpc) is 3.04. The minimum absolute atomic E-state index is 0.0549. The zero-order valence-electron chi connectivity index (χ0n) is 26.0. The molecule has 1 saturated carbocycles. The zero-order valence-corrected chi connectivity index (χ0v) is 26.0. The van der Waals surface area contributed by atoms with Crippen molar-refractivity contribution in [3.05, 3.63) is 120 Å². The summed E-state index contributed by atoms with van der Waals surface area (Å²) >= 11 is 0. The fraction of sp³-hybridized carbons (Fsp3) is 0.222. The van der Waals surface area contributed by atoms with E-state index in [1.807, 2.05) is 0 Å². The van der Waals surface area contributed by atoms with Crippen molar-refractivity contribution >= 4 is 23.8 Å². The summed E-state index contributed by atoms with van der Waals surface area (Å²) in [6.45, 7) is 0.110. The summed E-state index contributed by atoms with van der Waals surface area (Å²) in [6.07, 6.45) is 0. The van der Waals surface area contributed by atoms with Gasteiger partial charge in [-0.2, -0.15) is 0 Å². The first kappa shape index (κ1) is 33.6. The Kier molecular flexibility index (Phi) is 10.0. The van der Waals surface area contributed by atoms with Gasteiger partial charge in [0.05, 0.1) is 23.7 Å². The Morgan fingerprint density at radius 2 is 0.792 bits per heavy atom. The number of ether oxygens (including phenoxy) is 2. The number of rotatable bonds is 12. The van der Waals surface area contributed by atoms with Gasteiger partial charge in [-0.1, -0.05) is 24.3 Å². The third-order valence-electron chi connectivity index (χ3n) is 8.23. The zero-order chi connectivity index (χ0) is 34.5. The van der Waals surface area contributed by atoms with Crippen LogP contribution in [-0.2, 0) is 32.3 Å². The second kappa shape index (κ2) is 14.3. The molecule has 0 aliphatic heterocycles. The third-order valence-corrected chi connectivity index (χ3v) is 8.23. The van der Waals surface area contributed by atoms with Gasteiger partial charge in [-0.05, 0) is 83.9 Å². The molecule has 48 heavy (non-hydrogen) atoms. The molecule has 4 aromatic carbocycles. The van der Waals surface area contributed by atoms with Crippen LogP contribution in [0.4, 0.5) is 8.78 Å². The normalized spacial score (nSPS) is 18.2. The molecule has 0 aromatic heterocycles. The van der Waals surface area contributed by atoms with Crippen LogP contribution in [0.1, 0.15) is 11.1 Å². The van der Waals surface area contributed by atoms with Crippen LogP contribution in [0.5, 0.6) is 23.0 Å². The second-order valence-corrected chi connectivity index (χ2v) is 11.6. The molecule has 4 aromatic rings. The lowest BCUT2D eigenvalue weighted by molar-refractivity contribution is -0.187. The van der Waals surface area contributed by atoms with Crippen molar-refractivity contribution < 1.29 is 47.6 Å². The number of halogens is 2. The van der Waals surface area contributed by atoms with E-state index in [1.54, 1.807) is 48.5 Å². The molecule has 10 nitrogen and oxygen atoms in total. The largest absolute Gasteiger partial charge is 0.481 e. The van der Waals surface area contributed by atoms with Gasteiger partial charge in [0.2, 0.25) is 11.8 Å². The summed E-state index contributed by atoms with van der Waals surface area (Å²) in [5.41, 5.74) is 1.34. The van der Waals surface area contributed by atoms with Gasteiger partial charge in [-0.25, -0.2) is 8.78 Å². The summed E-state index contributed by atoms with van der Waals surface area (Å²) in [4.78, 5) is 54.2. The number of carboxylic acid groups (broad SMARTS) is 2. The molecule has 1 aliphatic carbocycles. The molecule has 5 rings (SSSR count). The Morgan fingerprint density at radius 1 is 0.521 bits per heavy atom. The maximum Gasteiger partial charge on any atom is 0.308 e. The topological polar surface area (TPSA) is 134 Å². The van der Waals surface area contributed by atoms with Crippen molar-refractivity contribution in [2.75, 3.05) is 14.1 Å². The molecule has 2 amide bonds. The minimum Gasteiger partial charge on any atom is -0.481 e. The van der Waals surface area contributed by atoms with E-state index < -0.39 is 59.1 Å². The van der Waals surface area contributed by atoms with Crippen LogP contribution in [0, 0.1) is 35.3 Å². The maximum atomic E-state index is 13.7. The Hall–Kier alpha value is -5.78. The first-order chi connectivity index (χ1) is 22.9. The lowest BCUT2D eigenvalue weighted by atomic mass is 9.55. The highest BCUT2D eigenvalue weighted by molar-refractivity contribution is 5.99. The summed E-state index contributed by atoms with van der Waals surface area (Å²) in [5.74, 6) is -9.22. The van der Waals surface area contributed by atoms with Crippen molar-refractivity contribution in [1.29, 1.82) is 0 Å². The highest BCUT2D eigenvalue weighted by Gasteiger charge is 2.64. The van der Waals surface area contributed by atoms with E-state index in [4.69, 9.17) is 9.47 Å². The molecule has 1 fully saturated rings. The standard InChI is InChI=1S/C36H32F2N2O8/c1-39(19-21-3-11-25(12-4-21)47-27-15-7-23(37)8-16-27)33(41)29-30(32(36(45)46)31(29)35(43)44)34(42)40(2)20-22-5-13-26(14-6-22)48-28-17-9-24(38)10-18-28/h3-18,29-32H,19-20H2,1-2H3,(H,43,44)(H,45,46)/t29-,30-,31-,32-/m0/s1.